The highest BCUT2D eigenvalue weighted by Gasteiger charge is 1.78. The molecule has 0 radical (unpaired) electrons. The topological polar surface area (TPSA) is 0 Å². The first-order valence-electron chi connectivity index (χ1n) is 3.61. The fraction of sp³-hybridized carbons (Fsp3) is 0.0909. The molecule has 1 rings (SSSR count). The largest absolute Gasteiger partial charge is 0.0793 e. The summed E-state index contributed by atoms with van der Waals surface area (Å²) in [5.41, 5.74) is 1.06. The lowest BCUT2D eigenvalue weighted by atomic mass is 10.2. The van der Waals surface area contributed by atoms with Crippen LogP contribution >= 0.6 is 0 Å². The van der Waals surface area contributed by atoms with Crippen LogP contribution in [0.5, 0.6) is 0 Å². The van der Waals surface area contributed by atoms with Gasteiger partial charge >= 0.3 is 0 Å². The summed E-state index contributed by atoms with van der Waals surface area (Å²) >= 11 is 0. The minimum absolute atomic E-state index is 1.06. The van der Waals surface area contributed by atoms with E-state index >= 15 is 0 Å². The zero-order valence-electron chi connectivity index (χ0n) is 6.54. The van der Waals surface area contributed by atoms with Crippen molar-refractivity contribution < 1.29 is 0 Å². The fourth-order valence-corrected chi connectivity index (χ4v) is 0.730. The summed E-state index contributed by atoms with van der Waals surface area (Å²) in [5.74, 6) is 5.93. The molecule has 0 amide bonds. The van der Waals surface area contributed by atoms with Gasteiger partial charge in [0.05, 0.1) is 0 Å². The number of benzene rings is 1. The van der Waals surface area contributed by atoms with Gasteiger partial charge in [-0.2, -0.15) is 0 Å². The minimum atomic E-state index is 1.06. The third-order valence-corrected chi connectivity index (χ3v) is 1.24. The van der Waals surface area contributed by atoms with Gasteiger partial charge in [0.1, 0.15) is 0 Å². The molecule has 0 unspecified atom stereocenters. The van der Waals surface area contributed by atoms with E-state index in [1.807, 2.05) is 49.4 Å². The van der Waals surface area contributed by atoms with Gasteiger partial charge in [-0.05, 0) is 25.1 Å². The van der Waals surface area contributed by atoms with Crippen molar-refractivity contribution in [3.63, 3.8) is 0 Å². The molecule has 0 nitrogen and oxygen atoms in total. The molecule has 0 aliphatic carbocycles. The molecule has 0 atom stereocenters. The van der Waals surface area contributed by atoms with Gasteiger partial charge in [-0.1, -0.05) is 36.1 Å². The van der Waals surface area contributed by atoms with Crippen LogP contribution in [-0.2, 0) is 0 Å². The lowest BCUT2D eigenvalue weighted by Crippen LogP contribution is -1.68. The third kappa shape index (κ3) is 2.73. The Balaban J connectivity index is 2.74. The molecule has 0 heterocycles. The Bertz CT molecular complexity index is 283. The van der Waals surface area contributed by atoms with Crippen molar-refractivity contribution in [2.45, 2.75) is 6.92 Å². The van der Waals surface area contributed by atoms with Gasteiger partial charge in [0, 0.05) is 5.56 Å². The van der Waals surface area contributed by atoms with E-state index in [0.717, 1.165) is 5.56 Å². The summed E-state index contributed by atoms with van der Waals surface area (Å²) in [6.07, 6.45) is 3.77. The number of rotatable bonds is 0. The van der Waals surface area contributed by atoms with Crippen LogP contribution < -0.4 is 0 Å². The number of hydrogen-bond acceptors (Lipinski definition) is 0. The first-order chi connectivity index (χ1) is 5.43. The Labute approximate surface area is 67.6 Å². The van der Waals surface area contributed by atoms with Crippen LogP contribution in [0.3, 0.4) is 0 Å². The average molecular weight is 142 g/mol. The van der Waals surface area contributed by atoms with E-state index in [-0.39, 0.29) is 0 Å². The molecule has 0 aliphatic rings. The van der Waals surface area contributed by atoms with E-state index in [9.17, 15) is 0 Å². The van der Waals surface area contributed by atoms with Gasteiger partial charge in [-0.3, -0.25) is 0 Å². The molecular weight excluding hydrogens is 132 g/mol. The standard InChI is InChI=1S/C11H10/c1-2-3-5-8-11-9-6-4-7-10-11/h2-4,6-7,9-10H,1H3/b3-2+. The molecule has 11 heavy (non-hydrogen) atoms. The van der Waals surface area contributed by atoms with Gasteiger partial charge < -0.3 is 0 Å². The molecule has 1 aromatic carbocycles. The second-order valence-electron chi connectivity index (χ2n) is 2.14. The van der Waals surface area contributed by atoms with E-state index in [2.05, 4.69) is 11.8 Å². The van der Waals surface area contributed by atoms with Crippen LogP contribution in [-0.4, -0.2) is 0 Å². The zero-order chi connectivity index (χ0) is 7.94. The van der Waals surface area contributed by atoms with E-state index in [4.69, 9.17) is 0 Å². The molecule has 0 saturated carbocycles. The van der Waals surface area contributed by atoms with Gasteiger partial charge in [0.2, 0.25) is 0 Å². The summed E-state index contributed by atoms with van der Waals surface area (Å²) in [6.45, 7) is 1.96. The second kappa shape index (κ2) is 4.35. The van der Waals surface area contributed by atoms with Crippen molar-refractivity contribution in [1.82, 2.24) is 0 Å². The Kier molecular flexibility index (Phi) is 3.02. The first kappa shape index (κ1) is 7.63. The van der Waals surface area contributed by atoms with Gasteiger partial charge in [-0.15, -0.1) is 0 Å². The summed E-state index contributed by atoms with van der Waals surface area (Å²) in [6, 6.07) is 9.95. The summed E-state index contributed by atoms with van der Waals surface area (Å²) in [4.78, 5) is 0. The van der Waals surface area contributed by atoms with Crippen LogP contribution in [0, 0.1) is 11.8 Å². The zero-order valence-corrected chi connectivity index (χ0v) is 6.54. The lowest BCUT2D eigenvalue weighted by Gasteiger charge is -1.83. The quantitative estimate of drug-likeness (QED) is 0.488. The van der Waals surface area contributed by atoms with Gasteiger partial charge in [-0.25, -0.2) is 0 Å². The highest BCUT2D eigenvalue weighted by atomic mass is 13.8. The molecule has 0 fully saturated rings. The lowest BCUT2D eigenvalue weighted by molar-refractivity contribution is 1.65. The Morgan fingerprint density at radius 1 is 1.18 bits per heavy atom. The minimum Gasteiger partial charge on any atom is -0.0793 e. The first-order valence-corrected chi connectivity index (χ1v) is 3.61. The maximum absolute atomic E-state index is 3.01. The molecule has 0 heteroatoms. The molecule has 0 saturated heterocycles. The maximum atomic E-state index is 3.01. The van der Waals surface area contributed by atoms with Crippen molar-refractivity contribution >= 4 is 0 Å². The Morgan fingerprint density at radius 3 is 2.55 bits per heavy atom. The molecule has 0 N–H and O–H groups in total. The predicted octanol–water partition coefficient (Wildman–Crippen LogP) is 2.61. The summed E-state index contributed by atoms with van der Waals surface area (Å²) in [5, 5.41) is 0. The molecule has 1 aromatic rings. The van der Waals surface area contributed by atoms with E-state index in [1.165, 1.54) is 0 Å². The van der Waals surface area contributed by atoms with Crippen molar-refractivity contribution in [3.05, 3.63) is 48.0 Å². The molecule has 54 valence electrons. The second-order valence-corrected chi connectivity index (χ2v) is 2.14. The number of allylic oxidation sites excluding steroid dienone is 2. The smallest absolute Gasteiger partial charge is 0.0248 e. The van der Waals surface area contributed by atoms with Gasteiger partial charge in [0.15, 0.2) is 0 Å². The SMILES string of the molecule is C/C=C/C#Cc1ccccc1. The normalized spacial score (nSPS) is 9.18. The highest BCUT2D eigenvalue weighted by Crippen LogP contribution is 1.94. The van der Waals surface area contributed by atoms with Crippen LogP contribution in [0.4, 0.5) is 0 Å². The van der Waals surface area contributed by atoms with Crippen molar-refractivity contribution in [2.24, 2.45) is 0 Å². The Hall–Kier alpha value is -1.48. The molecular formula is C11H10. The molecule has 0 aliphatic heterocycles. The van der Waals surface area contributed by atoms with Crippen LogP contribution in [0.15, 0.2) is 42.5 Å². The monoisotopic (exact) mass is 142 g/mol. The van der Waals surface area contributed by atoms with Crippen LogP contribution in [0.25, 0.3) is 0 Å². The van der Waals surface area contributed by atoms with Crippen molar-refractivity contribution in [2.75, 3.05) is 0 Å². The molecule has 0 bridgehead atoms. The van der Waals surface area contributed by atoms with Crippen LogP contribution in [0.1, 0.15) is 12.5 Å². The van der Waals surface area contributed by atoms with Gasteiger partial charge in [0.25, 0.3) is 0 Å². The maximum Gasteiger partial charge on any atom is 0.0248 e. The molecule has 0 aromatic heterocycles. The third-order valence-electron chi connectivity index (χ3n) is 1.24. The van der Waals surface area contributed by atoms with E-state index in [1.54, 1.807) is 0 Å². The summed E-state index contributed by atoms with van der Waals surface area (Å²) < 4.78 is 0. The van der Waals surface area contributed by atoms with Crippen LogP contribution in [0.2, 0.25) is 0 Å². The van der Waals surface area contributed by atoms with E-state index in [0.29, 0.717) is 0 Å². The van der Waals surface area contributed by atoms with Crippen molar-refractivity contribution in [3.8, 4) is 11.8 Å². The highest BCUT2D eigenvalue weighted by molar-refractivity contribution is 5.36. The van der Waals surface area contributed by atoms with Crippen molar-refractivity contribution in [1.29, 1.82) is 0 Å². The fourth-order valence-electron chi connectivity index (χ4n) is 0.730. The average Bonchev–Trinajstić information content (AvgIpc) is 2.07. The Morgan fingerprint density at radius 2 is 1.91 bits per heavy atom. The summed E-state index contributed by atoms with van der Waals surface area (Å²) in [7, 11) is 0. The molecule has 0 spiro atoms. The van der Waals surface area contributed by atoms with E-state index < -0.39 is 0 Å². The predicted molar refractivity (Wildman–Crippen MR) is 48.1 cm³/mol. The number of hydrogen-bond donors (Lipinski definition) is 0.